The Kier molecular flexibility index (Phi) is 4.70. The van der Waals surface area contributed by atoms with Crippen molar-refractivity contribution in [3.63, 3.8) is 0 Å². The van der Waals surface area contributed by atoms with Crippen LogP contribution < -0.4 is 0 Å². The SMILES string of the molecule is Cc1nc2sccn2c1CN1CCCC(c2[nH]ncc2-c2ccc(Cl)cc2)C1. The number of benzene rings is 1. The van der Waals surface area contributed by atoms with E-state index in [-0.39, 0.29) is 0 Å². The molecule has 0 amide bonds. The number of imidazole rings is 1. The molecule has 1 atom stereocenters. The molecule has 0 bridgehead atoms. The minimum atomic E-state index is 0.452. The van der Waals surface area contributed by atoms with Crippen LogP contribution in [0.15, 0.2) is 42.0 Å². The number of nitrogens with one attached hydrogen (secondary N) is 1. The van der Waals surface area contributed by atoms with E-state index in [2.05, 4.69) is 50.1 Å². The maximum Gasteiger partial charge on any atom is 0.194 e. The lowest BCUT2D eigenvalue weighted by molar-refractivity contribution is 0.196. The van der Waals surface area contributed by atoms with Gasteiger partial charge in [0.15, 0.2) is 4.96 Å². The van der Waals surface area contributed by atoms with E-state index in [1.807, 2.05) is 18.3 Å². The third-order valence-corrected chi connectivity index (χ3v) is 6.68. The Labute approximate surface area is 173 Å². The molecule has 28 heavy (non-hydrogen) atoms. The van der Waals surface area contributed by atoms with E-state index in [1.54, 1.807) is 11.3 Å². The molecule has 0 aliphatic carbocycles. The molecule has 0 spiro atoms. The average molecular weight is 412 g/mol. The molecule has 0 saturated carbocycles. The number of hydrogen-bond acceptors (Lipinski definition) is 4. The number of H-pyrrole nitrogens is 1. The zero-order valence-corrected chi connectivity index (χ0v) is 17.3. The second-order valence-electron chi connectivity index (χ2n) is 7.48. The highest BCUT2D eigenvalue weighted by Crippen LogP contribution is 2.34. The molecule has 1 saturated heterocycles. The Morgan fingerprint density at radius 3 is 3.00 bits per heavy atom. The normalized spacial score (nSPS) is 18.1. The smallest absolute Gasteiger partial charge is 0.194 e. The van der Waals surface area contributed by atoms with Crippen molar-refractivity contribution < 1.29 is 0 Å². The third-order valence-electron chi connectivity index (χ3n) is 5.67. The molecule has 1 fully saturated rings. The van der Waals surface area contributed by atoms with Crippen LogP contribution in [0, 0.1) is 6.92 Å². The zero-order valence-electron chi connectivity index (χ0n) is 15.7. The van der Waals surface area contributed by atoms with Gasteiger partial charge in [-0.15, -0.1) is 11.3 Å². The summed E-state index contributed by atoms with van der Waals surface area (Å²) >= 11 is 7.75. The summed E-state index contributed by atoms with van der Waals surface area (Å²) < 4.78 is 2.24. The van der Waals surface area contributed by atoms with Crippen molar-refractivity contribution in [2.45, 2.75) is 32.2 Å². The molecular formula is C21H22ClN5S. The molecule has 5 nitrogen and oxygen atoms in total. The number of rotatable bonds is 4. The second-order valence-corrected chi connectivity index (χ2v) is 8.79. The Morgan fingerprint density at radius 1 is 1.29 bits per heavy atom. The van der Waals surface area contributed by atoms with Crippen LogP contribution in [0.25, 0.3) is 16.1 Å². The monoisotopic (exact) mass is 411 g/mol. The summed E-state index contributed by atoms with van der Waals surface area (Å²) in [5.41, 5.74) is 6.02. The maximum atomic E-state index is 6.06. The van der Waals surface area contributed by atoms with E-state index in [4.69, 9.17) is 16.6 Å². The van der Waals surface area contributed by atoms with Crippen LogP contribution in [0.3, 0.4) is 0 Å². The number of hydrogen-bond donors (Lipinski definition) is 1. The van der Waals surface area contributed by atoms with Crippen molar-refractivity contribution in [2.24, 2.45) is 0 Å². The highest BCUT2D eigenvalue weighted by atomic mass is 35.5. The number of aryl methyl sites for hydroxylation is 1. The van der Waals surface area contributed by atoms with Gasteiger partial charge < -0.3 is 0 Å². The van der Waals surface area contributed by atoms with E-state index in [0.29, 0.717) is 5.92 Å². The molecule has 3 aromatic heterocycles. The number of piperidine rings is 1. The Balaban J connectivity index is 1.38. The lowest BCUT2D eigenvalue weighted by Crippen LogP contribution is -2.34. The number of aromatic amines is 1. The van der Waals surface area contributed by atoms with Crippen LogP contribution in [-0.4, -0.2) is 37.6 Å². The van der Waals surface area contributed by atoms with Crippen molar-refractivity contribution in [1.82, 2.24) is 24.5 Å². The minimum Gasteiger partial charge on any atom is -0.297 e. The molecule has 4 heterocycles. The summed E-state index contributed by atoms with van der Waals surface area (Å²) in [6, 6.07) is 8.02. The number of halogens is 1. The fourth-order valence-electron chi connectivity index (χ4n) is 4.24. The van der Waals surface area contributed by atoms with Crippen molar-refractivity contribution in [1.29, 1.82) is 0 Å². The van der Waals surface area contributed by atoms with E-state index in [9.17, 15) is 0 Å². The second kappa shape index (κ2) is 7.35. The number of thiazole rings is 1. The Hall–Kier alpha value is -2.15. The van der Waals surface area contributed by atoms with E-state index < -0.39 is 0 Å². The quantitative estimate of drug-likeness (QED) is 0.506. The first-order valence-corrected chi connectivity index (χ1v) is 10.9. The van der Waals surface area contributed by atoms with Gasteiger partial charge in [-0.2, -0.15) is 5.10 Å². The molecule has 1 unspecified atom stereocenters. The Morgan fingerprint density at radius 2 is 2.14 bits per heavy atom. The van der Waals surface area contributed by atoms with Crippen LogP contribution in [0.4, 0.5) is 0 Å². The fourth-order valence-corrected chi connectivity index (χ4v) is 5.15. The van der Waals surface area contributed by atoms with Crippen LogP contribution >= 0.6 is 22.9 Å². The lowest BCUT2D eigenvalue weighted by Gasteiger charge is -2.32. The minimum absolute atomic E-state index is 0.452. The molecule has 144 valence electrons. The van der Waals surface area contributed by atoms with E-state index in [1.165, 1.54) is 29.8 Å². The summed E-state index contributed by atoms with van der Waals surface area (Å²) in [6.45, 7) is 5.20. The van der Waals surface area contributed by atoms with Crippen molar-refractivity contribution in [3.8, 4) is 11.1 Å². The molecule has 1 aliphatic rings. The van der Waals surface area contributed by atoms with Gasteiger partial charge in [-0.25, -0.2) is 4.98 Å². The van der Waals surface area contributed by atoms with Crippen LogP contribution in [0.5, 0.6) is 0 Å². The zero-order chi connectivity index (χ0) is 19.1. The first-order chi connectivity index (χ1) is 13.7. The fraction of sp³-hybridized carbons (Fsp3) is 0.333. The molecule has 1 N–H and O–H groups in total. The molecule has 4 aromatic rings. The summed E-state index contributed by atoms with van der Waals surface area (Å²) in [7, 11) is 0. The van der Waals surface area contributed by atoms with Crippen LogP contribution in [0.1, 0.15) is 35.8 Å². The van der Waals surface area contributed by atoms with Crippen LogP contribution in [-0.2, 0) is 6.54 Å². The largest absolute Gasteiger partial charge is 0.297 e. The third kappa shape index (κ3) is 3.26. The predicted molar refractivity (Wildman–Crippen MR) is 114 cm³/mol. The van der Waals surface area contributed by atoms with Gasteiger partial charge in [-0.3, -0.25) is 14.4 Å². The van der Waals surface area contributed by atoms with Gasteiger partial charge in [-0.1, -0.05) is 23.7 Å². The predicted octanol–water partition coefficient (Wildman–Crippen LogP) is 5.13. The molecule has 7 heteroatoms. The van der Waals surface area contributed by atoms with Gasteiger partial charge in [-0.05, 0) is 44.0 Å². The number of fused-ring (bicyclic) bond motifs is 1. The highest BCUT2D eigenvalue weighted by Gasteiger charge is 2.26. The van der Waals surface area contributed by atoms with Crippen molar-refractivity contribution >= 4 is 27.9 Å². The first-order valence-electron chi connectivity index (χ1n) is 9.61. The van der Waals surface area contributed by atoms with Crippen molar-refractivity contribution in [2.75, 3.05) is 13.1 Å². The average Bonchev–Trinajstić information content (AvgIpc) is 3.41. The number of likely N-dealkylation sites (tertiary alicyclic amines) is 1. The van der Waals surface area contributed by atoms with Gasteiger partial charge in [0.2, 0.25) is 0 Å². The number of aromatic nitrogens is 4. The summed E-state index contributed by atoms with van der Waals surface area (Å²) in [5.74, 6) is 0.452. The van der Waals surface area contributed by atoms with Gasteiger partial charge in [0.1, 0.15) is 0 Å². The maximum absolute atomic E-state index is 6.06. The van der Waals surface area contributed by atoms with Crippen LogP contribution in [0.2, 0.25) is 5.02 Å². The Bertz CT molecular complexity index is 1090. The highest BCUT2D eigenvalue weighted by molar-refractivity contribution is 7.15. The lowest BCUT2D eigenvalue weighted by atomic mass is 9.90. The van der Waals surface area contributed by atoms with E-state index in [0.717, 1.165) is 40.9 Å². The molecule has 0 radical (unpaired) electrons. The number of nitrogens with zero attached hydrogens (tertiary/aromatic N) is 4. The van der Waals surface area contributed by atoms with E-state index >= 15 is 0 Å². The topological polar surface area (TPSA) is 49.2 Å². The summed E-state index contributed by atoms with van der Waals surface area (Å²) in [5, 5.41) is 10.5. The standard InChI is InChI=1S/C21H22ClN5S/c1-14-19(27-9-10-28-21(27)24-14)13-26-8-2-3-16(12-26)20-18(11-23-25-20)15-4-6-17(22)7-5-15/h4-7,9-11,16H,2-3,8,12-13H2,1H3,(H,23,25). The first kappa shape index (κ1) is 17.9. The summed E-state index contributed by atoms with van der Waals surface area (Å²) in [4.78, 5) is 8.33. The molecule has 1 aromatic carbocycles. The molecule has 5 rings (SSSR count). The van der Waals surface area contributed by atoms with Crippen molar-refractivity contribution in [3.05, 3.63) is 64.1 Å². The van der Waals surface area contributed by atoms with Gasteiger partial charge in [0.25, 0.3) is 0 Å². The summed E-state index contributed by atoms with van der Waals surface area (Å²) in [6.07, 6.45) is 6.44. The van der Waals surface area contributed by atoms with Gasteiger partial charge in [0.05, 0.1) is 17.6 Å². The van der Waals surface area contributed by atoms with Gasteiger partial charge in [0, 0.05) is 46.9 Å². The molecular weight excluding hydrogens is 390 g/mol. The van der Waals surface area contributed by atoms with Gasteiger partial charge >= 0.3 is 0 Å². The molecule has 1 aliphatic heterocycles.